The maximum atomic E-state index is 12.7. The van der Waals surface area contributed by atoms with Crippen LogP contribution in [0.5, 0.6) is 11.5 Å². The van der Waals surface area contributed by atoms with Crippen molar-refractivity contribution in [1.29, 1.82) is 0 Å². The van der Waals surface area contributed by atoms with E-state index in [-0.39, 0.29) is 12.4 Å². The Kier molecular flexibility index (Phi) is 7.49. The highest BCUT2D eigenvalue weighted by Crippen LogP contribution is 2.44. The van der Waals surface area contributed by atoms with E-state index in [4.69, 9.17) is 9.47 Å². The number of aromatic nitrogens is 2. The number of fused-ring (bicyclic) bond motifs is 1. The molecule has 0 aliphatic carbocycles. The molecule has 0 amide bonds. The average Bonchev–Trinajstić information content (AvgIpc) is 2.86. The van der Waals surface area contributed by atoms with E-state index in [2.05, 4.69) is 14.7 Å². The molecule has 2 aromatic carbocycles. The fourth-order valence-corrected chi connectivity index (χ4v) is 4.75. The molecule has 184 valence electrons. The topological polar surface area (TPSA) is 70.5 Å². The number of carbonyl (C=O) groups excluding carboxylic acids is 1. The number of nitrogens with zero attached hydrogens (tertiary/aromatic N) is 2. The molecule has 0 radical (unpaired) electrons. The lowest BCUT2D eigenvalue weighted by Crippen LogP contribution is -2.16. The summed E-state index contributed by atoms with van der Waals surface area (Å²) in [5, 5.41) is 0. The van der Waals surface area contributed by atoms with E-state index in [0.717, 1.165) is 52.6 Å². The number of methoxy groups -OCH3 is 1. The Morgan fingerprint density at radius 1 is 1.17 bits per heavy atom. The van der Waals surface area contributed by atoms with Gasteiger partial charge in [-0.25, -0.2) is 14.8 Å². The SMILES string of the molecule is COC(=O)COc1c(C)cc(SCc2ccc(-c3ncc(C(F)(F)F)cn3)cc2)c2c1CCCO2. The molecular formula is C25H23F3N2O4S. The van der Waals surface area contributed by atoms with Crippen molar-refractivity contribution in [3.8, 4) is 22.9 Å². The average molecular weight is 505 g/mol. The third-order valence-electron chi connectivity index (χ3n) is 5.44. The number of hydrogen-bond acceptors (Lipinski definition) is 7. The van der Waals surface area contributed by atoms with Crippen LogP contribution >= 0.6 is 11.8 Å². The predicted molar refractivity (Wildman–Crippen MR) is 125 cm³/mol. The summed E-state index contributed by atoms with van der Waals surface area (Å²) in [6.07, 6.45) is -1.23. The minimum atomic E-state index is -4.47. The number of esters is 1. The van der Waals surface area contributed by atoms with Crippen molar-refractivity contribution in [2.75, 3.05) is 20.3 Å². The maximum absolute atomic E-state index is 12.7. The van der Waals surface area contributed by atoms with Gasteiger partial charge in [-0.05, 0) is 37.0 Å². The van der Waals surface area contributed by atoms with Crippen molar-refractivity contribution < 1.29 is 32.2 Å². The Labute approximate surface area is 204 Å². The minimum Gasteiger partial charge on any atom is -0.492 e. The van der Waals surface area contributed by atoms with Gasteiger partial charge in [0.25, 0.3) is 0 Å². The van der Waals surface area contributed by atoms with Crippen LogP contribution in [0.15, 0.2) is 47.6 Å². The lowest BCUT2D eigenvalue weighted by molar-refractivity contribution is -0.143. The van der Waals surface area contributed by atoms with Crippen molar-refractivity contribution in [2.24, 2.45) is 0 Å². The summed E-state index contributed by atoms with van der Waals surface area (Å²) < 4.78 is 54.5. The molecule has 1 aliphatic rings. The molecule has 2 heterocycles. The molecule has 0 spiro atoms. The number of ether oxygens (including phenoxy) is 3. The highest BCUT2D eigenvalue weighted by molar-refractivity contribution is 7.98. The van der Waals surface area contributed by atoms with E-state index in [1.165, 1.54) is 7.11 Å². The fraction of sp³-hybridized carbons (Fsp3) is 0.320. The molecule has 10 heteroatoms. The number of hydrogen-bond donors (Lipinski definition) is 0. The molecule has 6 nitrogen and oxygen atoms in total. The number of benzene rings is 2. The number of thioether (sulfide) groups is 1. The van der Waals surface area contributed by atoms with Gasteiger partial charge in [0.2, 0.25) is 0 Å². The van der Waals surface area contributed by atoms with Crippen LogP contribution in [0, 0.1) is 6.92 Å². The van der Waals surface area contributed by atoms with E-state index in [1.54, 1.807) is 23.9 Å². The summed E-state index contributed by atoms with van der Waals surface area (Å²) in [5.41, 5.74) is 2.65. The third kappa shape index (κ3) is 5.87. The smallest absolute Gasteiger partial charge is 0.419 e. The molecule has 0 N–H and O–H groups in total. The highest BCUT2D eigenvalue weighted by Gasteiger charge is 2.31. The molecule has 0 atom stereocenters. The Morgan fingerprint density at radius 3 is 2.54 bits per heavy atom. The van der Waals surface area contributed by atoms with Gasteiger partial charge in [-0.3, -0.25) is 0 Å². The summed E-state index contributed by atoms with van der Waals surface area (Å²) >= 11 is 1.62. The first-order chi connectivity index (χ1) is 16.8. The molecule has 0 fully saturated rings. The second-order valence-electron chi connectivity index (χ2n) is 7.92. The molecule has 0 bridgehead atoms. The van der Waals surface area contributed by atoms with Crippen LogP contribution in [0.3, 0.4) is 0 Å². The van der Waals surface area contributed by atoms with Crippen molar-refractivity contribution in [3.63, 3.8) is 0 Å². The quantitative estimate of drug-likeness (QED) is 0.305. The number of aryl methyl sites for hydroxylation is 1. The van der Waals surface area contributed by atoms with E-state index in [9.17, 15) is 18.0 Å². The normalized spacial score (nSPS) is 13.1. The second-order valence-corrected chi connectivity index (χ2v) is 8.94. The minimum absolute atomic E-state index is 0.161. The van der Waals surface area contributed by atoms with Gasteiger partial charge in [-0.2, -0.15) is 13.2 Å². The van der Waals surface area contributed by atoms with Gasteiger partial charge in [0.05, 0.1) is 24.2 Å². The van der Waals surface area contributed by atoms with Crippen molar-refractivity contribution in [2.45, 2.75) is 36.6 Å². The monoisotopic (exact) mass is 504 g/mol. The largest absolute Gasteiger partial charge is 0.492 e. The molecule has 0 saturated heterocycles. The van der Waals surface area contributed by atoms with Crippen LogP contribution in [-0.4, -0.2) is 36.3 Å². The van der Waals surface area contributed by atoms with E-state index in [1.807, 2.05) is 25.1 Å². The lowest BCUT2D eigenvalue weighted by Gasteiger charge is -2.24. The van der Waals surface area contributed by atoms with Crippen LogP contribution in [0.1, 0.15) is 28.7 Å². The predicted octanol–water partition coefficient (Wildman–Crippen LogP) is 5.64. The molecule has 4 rings (SSSR count). The van der Waals surface area contributed by atoms with Crippen molar-refractivity contribution >= 4 is 17.7 Å². The van der Waals surface area contributed by atoms with Gasteiger partial charge in [-0.15, -0.1) is 11.8 Å². The number of halogens is 3. The van der Waals surface area contributed by atoms with Gasteiger partial charge in [0, 0.05) is 29.3 Å². The number of alkyl halides is 3. The molecule has 1 aromatic heterocycles. The Hall–Kier alpha value is -3.27. The van der Waals surface area contributed by atoms with Gasteiger partial charge >= 0.3 is 12.1 Å². The Balaban J connectivity index is 1.47. The van der Waals surface area contributed by atoms with E-state index in [0.29, 0.717) is 23.7 Å². The van der Waals surface area contributed by atoms with Crippen molar-refractivity contribution in [3.05, 3.63) is 65.0 Å². The summed E-state index contributed by atoms with van der Waals surface area (Å²) in [7, 11) is 1.32. The van der Waals surface area contributed by atoms with Gasteiger partial charge < -0.3 is 14.2 Å². The van der Waals surface area contributed by atoms with Crippen LogP contribution in [0.4, 0.5) is 13.2 Å². The lowest BCUT2D eigenvalue weighted by atomic mass is 10.0. The zero-order valence-electron chi connectivity index (χ0n) is 19.1. The number of carbonyl (C=O) groups is 1. The van der Waals surface area contributed by atoms with E-state index < -0.39 is 17.7 Å². The molecule has 35 heavy (non-hydrogen) atoms. The zero-order valence-corrected chi connectivity index (χ0v) is 20.0. The standard InChI is InChI=1S/C25H23F3N2O4S/c1-15-10-20(23-19(4-3-9-33-23)22(15)34-13-21(31)32-2)35-14-16-5-7-17(8-6-16)24-29-11-18(12-30-24)25(26,27)28/h5-8,10-12H,3-4,9,13-14H2,1-2H3. The first kappa shape index (κ1) is 24.8. The molecule has 3 aromatic rings. The Bertz CT molecular complexity index is 1200. The van der Waals surface area contributed by atoms with Crippen molar-refractivity contribution in [1.82, 2.24) is 9.97 Å². The summed E-state index contributed by atoms with van der Waals surface area (Å²) in [6.45, 7) is 2.39. The van der Waals surface area contributed by atoms with Crippen LogP contribution in [0.2, 0.25) is 0 Å². The van der Waals surface area contributed by atoms with Crippen LogP contribution in [0.25, 0.3) is 11.4 Å². The third-order valence-corrected chi connectivity index (χ3v) is 6.53. The van der Waals surface area contributed by atoms with E-state index >= 15 is 0 Å². The maximum Gasteiger partial charge on any atom is 0.419 e. The molecule has 0 unspecified atom stereocenters. The fourth-order valence-electron chi connectivity index (χ4n) is 3.66. The summed E-state index contributed by atoms with van der Waals surface area (Å²) in [5.74, 6) is 1.89. The highest BCUT2D eigenvalue weighted by atomic mass is 32.2. The van der Waals surface area contributed by atoms with Gasteiger partial charge in [0.15, 0.2) is 12.4 Å². The second kappa shape index (κ2) is 10.6. The molecule has 0 saturated carbocycles. The first-order valence-electron chi connectivity index (χ1n) is 10.9. The first-order valence-corrected chi connectivity index (χ1v) is 11.8. The summed E-state index contributed by atoms with van der Waals surface area (Å²) in [6, 6.07) is 9.37. The van der Waals surface area contributed by atoms with Crippen LogP contribution in [-0.2, 0) is 27.9 Å². The molecular weight excluding hydrogens is 481 g/mol. The zero-order chi connectivity index (χ0) is 25.0. The summed E-state index contributed by atoms with van der Waals surface area (Å²) in [4.78, 5) is 20.2. The van der Waals surface area contributed by atoms with Gasteiger partial charge in [-0.1, -0.05) is 24.3 Å². The Morgan fingerprint density at radius 2 is 1.89 bits per heavy atom. The molecule has 1 aliphatic heterocycles. The van der Waals surface area contributed by atoms with Crippen LogP contribution < -0.4 is 9.47 Å². The number of rotatable bonds is 7. The van der Waals surface area contributed by atoms with Gasteiger partial charge in [0.1, 0.15) is 11.5 Å².